The van der Waals surface area contributed by atoms with E-state index in [1.54, 1.807) is 0 Å². The predicted molar refractivity (Wildman–Crippen MR) is 98.9 cm³/mol. The molecule has 2 heterocycles. The van der Waals surface area contributed by atoms with Gasteiger partial charge in [0.2, 0.25) is 11.8 Å². The zero-order chi connectivity index (χ0) is 16.8. The fraction of sp³-hybridized carbons (Fsp3) is 0.556. The Labute approximate surface area is 154 Å². The average Bonchev–Trinajstić information content (AvgIpc) is 2.63. The number of morpholine rings is 1. The molecule has 0 aromatic heterocycles. The number of carbonyl (C=O) groups is 2. The van der Waals surface area contributed by atoms with Gasteiger partial charge in [-0.05, 0) is 25.0 Å². The minimum absolute atomic E-state index is 0. The van der Waals surface area contributed by atoms with Gasteiger partial charge in [0.15, 0.2) is 0 Å². The summed E-state index contributed by atoms with van der Waals surface area (Å²) in [7, 11) is 0. The summed E-state index contributed by atoms with van der Waals surface area (Å²) in [6.45, 7) is 3.42. The van der Waals surface area contributed by atoms with Crippen LogP contribution in [-0.2, 0) is 14.3 Å². The SMILES string of the molecule is Cl.O=C(Nc1ccccc1)C1CCN(C(=O)CC2COCCN2)CC1. The normalized spacial score (nSPS) is 21.3. The highest BCUT2D eigenvalue weighted by atomic mass is 35.5. The van der Waals surface area contributed by atoms with Gasteiger partial charge in [0.05, 0.1) is 13.2 Å². The van der Waals surface area contributed by atoms with Gasteiger partial charge in [0.1, 0.15) is 0 Å². The third-order valence-electron chi connectivity index (χ3n) is 4.68. The molecule has 2 N–H and O–H groups in total. The fourth-order valence-electron chi connectivity index (χ4n) is 3.25. The summed E-state index contributed by atoms with van der Waals surface area (Å²) in [5, 5.41) is 6.26. The third kappa shape index (κ3) is 5.70. The number of carbonyl (C=O) groups excluding carboxylic acids is 2. The van der Waals surface area contributed by atoms with Crippen molar-refractivity contribution in [1.29, 1.82) is 0 Å². The van der Waals surface area contributed by atoms with Crippen molar-refractivity contribution in [1.82, 2.24) is 10.2 Å². The highest BCUT2D eigenvalue weighted by molar-refractivity contribution is 5.92. The lowest BCUT2D eigenvalue weighted by molar-refractivity contribution is -0.135. The Morgan fingerprint density at radius 3 is 2.56 bits per heavy atom. The van der Waals surface area contributed by atoms with Gasteiger partial charge in [-0.3, -0.25) is 9.59 Å². The summed E-state index contributed by atoms with van der Waals surface area (Å²) in [6, 6.07) is 9.61. The second-order valence-electron chi connectivity index (χ2n) is 6.44. The van der Waals surface area contributed by atoms with Crippen molar-refractivity contribution >= 4 is 29.9 Å². The molecule has 7 heteroatoms. The fourth-order valence-corrected chi connectivity index (χ4v) is 3.25. The average molecular weight is 368 g/mol. The van der Waals surface area contributed by atoms with Crippen LogP contribution >= 0.6 is 12.4 Å². The van der Waals surface area contributed by atoms with Crippen LogP contribution in [0.2, 0.25) is 0 Å². The molecular weight excluding hydrogens is 342 g/mol. The molecule has 25 heavy (non-hydrogen) atoms. The van der Waals surface area contributed by atoms with Crippen LogP contribution in [0.3, 0.4) is 0 Å². The summed E-state index contributed by atoms with van der Waals surface area (Å²) in [4.78, 5) is 26.6. The molecule has 6 nitrogen and oxygen atoms in total. The minimum Gasteiger partial charge on any atom is -0.378 e. The number of nitrogens with zero attached hydrogens (tertiary/aromatic N) is 1. The zero-order valence-electron chi connectivity index (χ0n) is 14.3. The number of likely N-dealkylation sites (tertiary alicyclic amines) is 1. The molecule has 1 aromatic carbocycles. The van der Waals surface area contributed by atoms with E-state index in [1.165, 1.54) is 0 Å². The molecule has 2 saturated heterocycles. The number of ether oxygens (including phenoxy) is 1. The summed E-state index contributed by atoms with van der Waals surface area (Å²) in [5.41, 5.74) is 0.823. The largest absolute Gasteiger partial charge is 0.378 e. The summed E-state index contributed by atoms with van der Waals surface area (Å²) in [6.07, 6.45) is 1.92. The topological polar surface area (TPSA) is 70.7 Å². The van der Waals surface area contributed by atoms with Crippen LogP contribution < -0.4 is 10.6 Å². The molecule has 0 bridgehead atoms. The third-order valence-corrected chi connectivity index (χ3v) is 4.68. The van der Waals surface area contributed by atoms with Gasteiger partial charge in [-0.1, -0.05) is 18.2 Å². The summed E-state index contributed by atoms with van der Waals surface area (Å²) >= 11 is 0. The Bertz CT molecular complexity index is 556. The van der Waals surface area contributed by atoms with Crippen molar-refractivity contribution in [3.8, 4) is 0 Å². The molecule has 1 unspecified atom stereocenters. The molecule has 0 saturated carbocycles. The van der Waals surface area contributed by atoms with Crippen LogP contribution in [-0.4, -0.2) is 55.6 Å². The second-order valence-corrected chi connectivity index (χ2v) is 6.44. The highest BCUT2D eigenvalue weighted by Crippen LogP contribution is 2.20. The monoisotopic (exact) mass is 367 g/mol. The number of halogens is 1. The molecular formula is C18H26ClN3O3. The molecule has 138 valence electrons. The number of rotatable bonds is 4. The Hall–Kier alpha value is -1.63. The molecule has 2 aliphatic rings. The van der Waals surface area contributed by atoms with E-state index in [0.29, 0.717) is 32.7 Å². The number of hydrogen-bond donors (Lipinski definition) is 2. The number of para-hydroxylation sites is 1. The predicted octanol–water partition coefficient (Wildman–Crippen LogP) is 1.66. The Morgan fingerprint density at radius 1 is 1.20 bits per heavy atom. The van der Waals surface area contributed by atoms with E-state index < -0.39 is 0 Å². The number of amides is 2. The summed E-state index contributed by atoms with van der Waals surface area (Å²) in [5.74, 6) is 0.181. The van der Waals surface area contributed by atoms with Gasteiger partial charge in [0.25, 0.3) is 0 Å². The van der Waals surface area contributed by atoms with Crippen molar-refractivity contribution in [2.75, 3.05) is 38.2 Å². The minimum atomic E-state index is -0.0228. The molecule has 2 fully saturated rings. The van der Waals surface area contributed by atoms with Crippen LogP contribution in [0, 0.1) is 5.92 Å². The Kier molecular flexibility index (Phi) is 7.68. The van der Waals surface area contributed by atoms with Crippen molar-refractivity contribution in [2.45, 2.75) is 25.3 Å². The number of nitrogens with one attached hydrogen (secondary N) is 2. The Morgan fingerprint density at radius 2 is 1.92 bits per heavy atom. The van der Waals surface area contributed by atoms with Gasteiger partial charge >= 0.3 is 0 Å². The first-order valence-corrected chi connectivity index (χ1v) is 8.67. The van der Waals surface area contributed by atoms with E-state index in [4.69, 9.17) is 4.74 Å². The van der Waals surface area contributed by atoms with Crippen molar-refractivity contribution in [3.05, 3.63) is 30.3 Å². The maximum absolute atomic E-state index is 12.4. The maximum atomic E-state index is 12.4. The molecule has 3 rings (SSSR count). The zero-order valence-corrected chi connectivity index (χ0v) is 15.1. The van der Waals surface area contributed by atoms with E-state index in [9.17, 15) is 9.59 Å². The highest BCUT2D eigenvalue weighted by Gasteiger charge is 2.28. The standard InChI is InChI=1S/C18H25N3O3.ClH/c22-17(12-16-13-24-11-8-19-16)21-9-6-14(7-10-21)18(23)20-15-4-2-1-3-5-15;/h1-5,14,16,19H,6-13H2,(H,20,23);1H. The van der Waals surface area contributed by atoms with E-state index in [1.807, 2.05) is 35.2 Å². The van der Waals surface area contributed by atoms with Gasteiger partial charge in [-0.2, -0.15) is 0 Å². The number of benzene rings is 1. The second kappa shape index (κ2) is 9.75. The molecule has 0 aliphatic carbocycles. The molecule has 0 radical (unpaired) electrons. The lowest BCUT2D eigenvalue weighted by atomic mass is 9.95. The van der Waals surface area contributed by atoms with Crippen LogP contribution in [0.25, 0.3) is 0 Å². The van der Waals surface area contributed by atoms with Gasteiger partial charge in [-0.25, -0.2) is 0 Å². The van der Waals surface area contributed by atoms with Crippen LogP contribution in [0.4, 0.5) is 5.69 Å². The molecule has 2 aliphatic heterocycles. The Balaban J connectivity index is 0.00000225. The van der Waals surface area contributed by atoms with E-state index in [-0.39, 0.29) is 36.2 Å². The maximum Gasteiger partial charge on any atom is 0.227 e. The van der Waals surface area contributed by atoms with Gasteiger partial charge < -0.3 is 20.3 Å². The first kappa shape index (κ1) is 19.7. The number of anilines is 1. The van der Waals surface area contributed by atoms with Crippen molar-refractivity contribution in [3.63, 3.8) is 0 Å². The van der Waals surface area contributed by atoms with E-state index >= 15 is 0 Å². The van der Waals surface area contributed by atoms with Crippen LogP contribution in [0.5, 0.6) is 0 Å². The smallest absolute Gasteiger partial charge is 0.227 e. The number of piperidine rings is 1. The van der Waals surface area contributed by atoms with Crippen molar-refractivity contribution < 1.29 is 14.3 Å². The quantitative estimate of drug-likeness (QED) is 0.849. The van der Waals surface area contributed by atoms with Crippen molar-refractivity contribution in [2.24, 2.45) is 5.92 Å². The van der Waals surface area contributed by atoms with E-state index in [0.717, 1.165) is 25.1 Å². The summed E-state index contributed by atoms with van der Waals surface area (Å²) < 4.78 is 5.39. The molecule has 0 spiro atoms. The molecule has 2 amide bonds. The molecule has 1 aromatic rings. The van der Waals surface area contributed by atoms with Gasteiger partial charge in [0, 0.05) is 43.7 Å². The lowest BCUT2D eigenvalue weighted by Gasteiger charge is -2.33. The lowest BCUT2D eigenvalue weighted by Crippen LogP contribution is -2.47. The van der Waals surface area contributed by atoms with Crippen LogP contribution in [0.15, 0.2) is 30.3 Å². The number of hydrogen-bond acceptors (Lipinski definition) is 4. The van der Waals surface area contributed by atoms with Gasteiger partial charge in [-0.15, -0.1) is 12.4 Å². The van der Waals surface area contributed by atoms with E-state index in [2.05, 4.69) is 10.6 Å². The first-order valence-electron chi connectivity index (χ1n) is 8.67. The first-order chi connectivity index (χ1) is 11.7. The molecule has 1 atom stereocenters. The van der Waals surface area contributed by atoms with Crippen LogP contribution in [0.1, 0.15) is 19.3 Å².